The second kappa shape index (κ2) is 5.83. The minimum Gasteiger partial charge on any atom is -0.481 e. The van der Waals surface area contributed by atoms with Gasteiger partial charge in [-0.1, -0.05) is 11.6 Å². The number of rotatable bonds is 4. The van der Waals surface area contributed by atoms with E-state index in [9.17, 15) is 0 Å². The molecule has 0 rings (SSSR count). The van der Waals surface area contributed by atoms with Crippen LogP contribution in [0.2, 0.25) is 0 Å². The number of halogens is 2. The van der Waals surface area contributed by atoms with Crippen LogP contribution in [0.5, 0.6) is 0 Å². The van der Waals surface area contributed by atoms with E-state index < -0.39 is 0 Å². The van der Waals surface area contributed by atoms with Gasteiger partial charge in [0.15, 0.2) is 5.22 Å². The van der Waals surface area contributed by atoms with Gasteiger partial charge in [-0.05, 0) is 25.7 Å². The molecule has 0 aliphatic carbocycles. The first-order valence-electron chi connectivity index (χ1n) is 2.90. The Bertz CT molecular complexity index is 114. The predicted octanol–water partition coefficient (Wildman–Crippen LogP) is 1.84. The molecule has 60 valence electrons. The van der Waals surface area contributed by atoms with Gasteiger partial charge in [0.25, 0.3) is 0 Å². The summed E-state index contributed by atoms with van der Waals surface area (Å²) in [4.78, 5) is 2.00. The molecular formula is C6H11Cl2NO. The van der Waals surface area contributed by atoms with Crippen molar-refractivity contribution in [3.05, 3.63) is 10.8 Å². The molecule has 0 aromatic heterocycles. The summed E-state index contributed by atoms with van der Waals surface area (Å²) in [5.74, 6) is 0. The molecule has 10 heavy (non-hydrogen) atoms. The van der Waals surface area contributed by atoms with E-state index in [1.807, 2.05) is 19.0 Å². The molecule has 0 amide bonds. The van der Waals surface area contributed by atoms with Gasteiger partial charge in [-0.3, -0.25) is 0 Å². The van der Waals surface area contributed by atoms with Crippen LogP contribution in [0.3, 0.4) is 0 Å². The van der Waals surface area contributed by atoms with Gasteiger partial charge in [0.1, 0.15) is 6.61 Å². The highest BCUT2D eigenvalue weighted by Gasteiger charge is 1.92. The van der Waals surface area contributed by atoms with Crippen molar-refractivity contribution in [2.75, 3.05) is 27.2 Å². The van der Waals surface area contributed by atoms with E-state index in [2.05, 4.69) is 0 Å². The van der Waals surface area contributed by atoms with Crippen molar-refractivity contribution in [1.29, 1.82) is 0 Å². The topological polar surface area (TPSA) is 12.5 Å². The van der Waals surface area contributed by atoms with Gasteiger partial charge in [0, 0.05) is 6.54 Å². The van der Waals surface area contributed by atoms with Gasteiger partial charge in [0.2, 0.25) is 0 Å². The van der Waals surface area contributed by atoms with Crippen LogP contribution in [0.4, 0.5) is 0 Å². The quantitative estimate of drug-likeness (QED) is 0.618. The van der Waals surface area contributed by atoms with Crippen LogP contribution >= 0.6 is 23.2 Å². The van der Waals surface area contributed by atoms with E-state index in [0.29, 0.717) is 6.61 Å². The maximum absolute atomic E-state index is 5.44. The number of hydrogen-bond acceptors (Lipinski definition) is 2. The van der Waals surface area contributed by atoms with E-state index in [0.717, 1.165) is 6.54 Å². The molecule has 0 aromatic carbocycles. The zero-order chi connectivity index (χ0) is 7.98. The van der Waals surface area contributed by atoms with Crippen molar-refractivity contribution in [3.63, 3.8) is 0 Å². The lowest BCUT2D eigenvalue weighted by Gasteiger charge is -2.09. The van der Waals surface area contributed by atoms with Gasteiger partial charge in [0.05, 0.1) is 5.54 Å². The summed E-state index contributed by atoms with van der Waals surface area (Å²) < 4.78 is 4.95. The van der Waals surface area contributed by atoms with Crippen LogP contribution in [0.15, 0.2) is 10.8 Å². The van der Waals surface area contributed by atoms with Crippen molar-refractivity contribution in [2.24, 2.45) is 0 Å². The normalized spacial score (nSPS) is 12.3. The van der Waals surface area contributed by atoms with Gasteiger partial charge < -0.3 is 9.64 Å². The summed E-state index contributed by atoms with van der Waals surface area (Å²) >= 11 is 10.7. The Kier molecular flexibility index (Phi) is 5.88. The fourth-order valence-electron chi connectivity index (χ4n) is 0.357. The third-order valence-corrected chi connectivity index (χ3v) is 1.39. The maximum Gasteiger partial charge on any atom is 0.198 e. The molecule has 0 radical (unpaired) electrons. The second-order valence-electron chi connectivity index (χ2n) is 2.06. The Hall–Kier alpha value is 0.0800. The van der Waals surface area contributed by atoms with Crippen molar-refractivity contribution in [3.8, 4) is 0 Å². The summed E-state index contributed by atoms with van der Waals surface area (Å²) in [6, 6.07) is 0. The summed E-state index contributed by atoms with van der Waals surface area (Å²) in [7, 11) is 3.92. The number of likely N-dealkylation sites (N-methyl/N-ethyl adjacent to an activating group) is 1. The third-order valence-electron chi connectivity index (χ3n) is 0.864. The molecule has 0 saturated carbocycles. The highest BCUT2D eigenvalue weighted by molar-refractivity contribution is 6.35. The van der Waals surface area contributed by atoms with Gasteiger partial charge in [-0.2, -0.15) is 0 Å². The van der Waals surface area contributed by atoms with Gasteiger partial charge in [-0.15, -0.1) is 0 Å². The minimum absolute atomic E-state index is 0.239. The minimum atomic E-state index is 0.239. The molecule has 0 N–H and O–H groups in total. The maximum atomic E-state index is 5.44. The number of ether oxygens (including phenoxy) is 1. The average molecular weight is 184 g/mol. The molecule has 0 spiro atoms. The summed E-state index contributed by atoms with van der Waals surface area (Å²) in [6.45, 7) is 1.40. The SMILES string of the molecule is CN(C)CCO/C(Cl)=C\Cl. The molecule has 0 aliphatic rings. The van der Waals surface area contributed by atoms with Gasteiger partial charge >= 0.3 is 0 Å². The molecule has 2 nitrogen and oxygen atoms in total. The second-order valence-corrected chi connectivity index (χ2v) is 2.66. The van der Waals surface area contributed by atoms with E-state index in [4.69, 9.17) is 27.9 Å². The first-order valence-corrected chi connectivity index (χ1v) is 3.71. The summed E-state index contributed by atoms with van der Waals surface area (Å²) in [6.07, 6.45) is 0. The molecule has 4 heteroatoms. The molecule has 0 fully saturated rings. The molecule has 0 aromatic rings. The molecule has 0 aliphatic heterocycles. The van der Waals surface area contributed by atoms with Crippen LogP contribution in [0, 0.1) is 0 Å². The van der Waals surface area contributed by atoms with Crippen LogP contribution in [-0.4, -0.2) is 32.1 Å². The Labute approximate surface area is 71.4 Å². The van der Waals surface area contributed by atoms with Crippen molar-refractivity contribution >= 4 is 23.2 Å². The van der Waals surface area contributed by atoms with E-state index in [-0.39, 0.29) is 5.22 Å². The smallest absolute Gasteiger partial charge is 0.198 e. The molecule has 0 atom stereocenters. The fraction of sp³-hybridized carbons (Fsp3) is 0.667. The Balaban J connectivity index is 3.20. The zero-order valence-corrected chi connectivity index (χ0v) is 7.61. The molecule has 0 bridgehead atoms. The average Bonchev–Trinajstić information content (AvgIpc) is 1.87. The van der Waals surface area contributed by atoms with E-state index >= 15 is 0 Å². The summed E-state index contributed by atoms with van der Waals surface area (Å²) in [5, 5.41) is 0.239. The van der Waals surface area contributed by atoms with Crippen LogP contribution in [0.25, 0.3) is 0 Å². The summed E-state index contributed by atoms with van der Waals surface area (Å²) in [5.41, 5.74) is 1.21. The highest BCUT2D eigenvalue weighted by atomic mass is 35.5. The highest BCUT2D eigenvalue weighted by Crippen LogP contribution is 2.03. The fourth-order valence-corrected chi connectivity index (χ4v) is 0.497. The largest absolute Gasteiger partial charge is 0.481 e. The van der Waals surface area contributed by atoms with E-state index in [1.165, 1.54) is 5.54 Å². The zero-order valence-electron chi connectivity index (χ0n) is 6.10. The van der Waals surface area contributed by atoms with Crippen molar-refractivity contribution in [2.45, 2.75) is 0 Å². The Morgan fingerprint density at radius 1 is 1.60 bits per heavy atom. The van der Waals surface area contributed by atoms with Crippen molar-refractivity contribution < 1.29 is 4.74 Å². The Morgan fingerprint density at radius 3 is 2.60 bits per heavy atom. The molecule has 0 heterocycles. The predicted molar refractivity (Wildman–Crippen MR) is 44.3 cm³/mol. The van der Waals surface area contributed by atoms with E-state index in [1.54, 1.807) is 0 Å². The standard InChI is InChI=1S/C6H11Cl2NO/c1-9(2)3-4-10-6(8)5-7/h5H,3-4H2,1-2H3/b6-5-. The first kappa shape index (κ1) is 10.1. The van der Waals surface area contributed by atoms with Crippen LogP contribution in [0.1, 0.15) is 0 Å². The molecular weight excluding hydrogens is 173 g/mol. The number of nitrogens with zero attached hydrogens (tertiary/aromatic N) is 1. The lowest BCUT2D eigenvalue weighted by Crippen LogP contribution is -2.17. The van der Waals surface area contributed by atoms with Gasteiger partial charge in [-0.25, -0.2) is 0 Å². The monoisotopic (exact) mass is 183 g/mol. The first-order chi connectivity index (χ1) is 4.66. The van der Waals surface area contributed by atoms with Crippen molar-refractivity contribution in [1.82, 2.24) is 4.90 Å². The lowest BCUT2D eigenvalue weighted by atomic mass is 10.6. The van der Waals surface area contributed by atoms with Crippen LogP contribution in [-0.2, 0) is 4.74 Å². The molecule has 0 unspecified atom stereocenters. The number of hydrogen-bond donors (Lipinski definition) is 0. The molecule has 0 saturated heterocycles. The third kappa shape index (κ3) is 6.20. The lowest BCUT2D eigenvalue weighted by molar-refractivity contribution is 0.202. The van der Waals surface area contributed by atoms with Crippen LogP contribution < -0.4 is 0 Å². The Morgan fingerprint density at radius 2 is 2.20 bits per heavy atom.